The summed E-state index contributed by atoms with van der Waals surface area (Å²) in [5, 5.41) is 3.77. The van der Waals surface area contributed by atoms with Crippen molar-refractivity contribution < 1.29 is 4.42 Å². The monoisotopic (exact) mass is 263 g/mol. The van der Waals surface area contributed by atoms with Crippen molar-refractivity contribution in [2.75, 3.05) is 5.32 Å². The minimum absolute atomic E-state index is 0.0537. The van der Waals surface area contributed by atoms with Gasteiger partial charge in [-0.15, -0.1) is 0 Å². The number of nitrogens with one attached hydrogen (secondary N) is 1. The zero-order valence-corrected chi connectivity index (χ0v) is 10.8. The van der Waals surface area contributed by atoms with E-state index < -0.39 is 0 Å². The van der Waals surface area contributed by atoms with Gasteiger partial charge in [-0.1, -0.05) is 11.6 Å². The molecule has 2 aromatic rings. The molecule has 0 radical (unpaired) electrons. The molecule has 5 heteroatoms. The second-order valence-electron chi connectivity index (χ2n) is 4.59. The Hall–Kier alpha value is -1.55. The van der Waals surface area contributed by atoms with E-state index in [0.717, 1.165) is 30.2 Å². The molecule has 1 N–H and O–H groups in total. The summed E-state index contributed by atoms with van der Waals surface area (Å²) < 4.78 is 5.35. The van der Waals surface area contributed by atoms with Gasteiger partial charge in [0.25, 0.3) is 0 Å². The predicted octanol–water partition coefficient (Wildman–Crippen LogP) is 3.77. The molecule has 0 aromatic carbocycles. The fourth-order valence-corrected chi connectivity index (χ4v) is 2.05. The fourth-order valence-electron chi connectivity index (χ4n) is 1.86. The second kappa shape index (κ2) is 4.61. The fraction of sp³-hybridized carbons (Fsp3) is 0.385. The van der Waals surface area contributed by atoms with Crippen LogP contribution in [0.2, 0.25) is 5.15 Å². The third kappa shape index (κ3) is 2.48. The minimum Gasteiger partial charge on any atom is -0.467 e. The van der Waals surface area contributed by atoms with Crippen LogP contribution in [0.25, 0.3) is 0 Å². The number of halogens is 1. The zero-order chi connectivity index (χ0) is 12.5. The van der Waals surface area contributed by atoms with Crippen molar-refractivity contribution in [1.82, 2.24) is 9.97 Å². The molecule has 0 bridgehead atoms. The lowest BCUT2D eigenvalue weighted by Gasteiger charge is -2.12. The van der Waals surface area contributed by atoms with E-state index in [0.29, 0.717) is 11.1 Å². The first kappa shape index (κ1) is 11.5. The van der Waals surface area contributed by atoms with Crippen LogP contribution in [-0.2, 0) is 0 Å². The molecule has 1 unspecified atom stereocenters. The molecule has 4 nitrogen and oxygen atoms in total. The molecule has 0 spiro atoms. The van der Waals surface area contributed by atoms with E-state index in [4.69, 9.17) is 16.0 Å². The van der Waals surface area contributed by atoms with E-state index in [9.17, 15) is 0 Å². The van der Waals surface area contributed by atoms with Gasteiger partial charge in [-0.3, -0.25) is 0 Å². The number of furan rings is 1. The van der Waals surface area contributed by atoms with E-state index in [1.807, 2.05) is 19.1 Å². The molecule has 0 saturated heterocycles. The maximum Gasteiger partial charge on any atom is 0.135 e. The normalized spacial score (nSPS) is 16.6. The lowest BCUT2D eigenvalue weighted by atomic mass is 10.2. The first-order chi connectivity index (χ1) is 8.72. The van der Waals surface area contributed by atoms with Crippen LogP contribution in [0.3, 0.4) is 0 Å². The Morgan fingerprint density at radius 2 is 2.28 bits per heavy atom. The summed E-state index contributed by atoms with van der Waals surface area (Å²) in [6.45, 7) is 2.02. The van der Waals surface area contributed by atoms with Gasteiger partial charge >= 0.3 is 0 Å². The molecule has 3 rings (SSSR count). The van der Waals surface area contributed by atoms with Crippen molar-refractivity contribution in [3.8, 4) is 0 Å². The van der Waals surface area contributed by atoms with Crippen molar-refractivity contribution >= 4 is 17.4 Å². The number of hydrogen-bond donors (Lipinski definition) is 1. The standard InChI is InChI=1S/C13H14ClN3O/c1-8(10-3-2-6-18-10)15-12-7-11(14)16-13(17-12)9-4-5-9/h2-3,6-9H,4-5H2,1H3,(H,15,16,17). The van der Waals surface area contributed by atoms with Gasteiger partial charge in [-0.25, -0.2) is 9.97 Å². The Morgan fingerprint density at radius 3 is 2.94 bits per heavy atom. The first-order valence-corrected chi connectivity index (χ1v) is 6.44. The van der Waals surface area contributed by atoms with Crippen molar-refractivity contribution in [1.29, 1.82) is 0 Å². The van der Waals surface area contributed by atoms with Gasteiger partial charge in [0.2, 0.25) is 0 Å². The Morgan fingerprint density at radius 1 is 1.44 bits per heavy atom. The van der Waals surface area contributed by atoms with E-state index >= 15 is 0 Å². The molecule has 0 amide bonds. The maximum atomic E-state index is 6.02. The summed E-state index contributed by atoms with van der Waals surface area (Å²) >= 11 is 6.02. The van der Waals surface area contributed by atoms with Crippen molar-refractivity contribution in [2.24, 2.45) is 0 Å². The van der Waals surface area contributed by atoms with E-state index in [1.165, 1.54) is 0 Å². The highest BCUT2D eigenvalue weighted by Gasteiger charge is 2.27. The number of nitrogens with zero attached hydrogens (tertiary/aromatic N) is 2. The van der Waals surface area contributed by atoms with Crippen LogP contribution in [0, 0.1) is 0 Å². The van der Waals surface area contributed by atoms with Crippen LogP contribution in [0.5, 0.6) is 0 Å². The molecule has 1 fully saturated rings. The topological polar surface area (TPSA) is 51.0 Å². The molecule has 2 heterocycles. The Balaban J connectivity index is 1.79. The lowest BCUT2D eigenvalue weighted by Crippen LogP contribution is -2.08. The highest BCUT2D eigenvalue weighted by Crippen LogP contribution is 2.39. The molecular weight excluding hydrogens is 250 g/mol. The van der Waals surface area contributed by atoms with Crippen LogP contribution in [0.15, 0.2) is 28.9 Å². The van der Waals surface area contributed by atoms with E-state index in [1.54, 1.807) is 12.3 Å². The SMILES string of the molecule is CC(Nc1cc(Cl)nc(C2CC2)n1)c1ccco1. The minimum atomic E-state index is 0.0537. The number of anilines is 1. The molecule has 2 aromatic heterocycles. The summed E-state index contributed by atoms with van der Waals surface area (Å²) in [5.74, 6) is 2.96. The van der Waals surface area contributed by atoms with Gasteiger partial charge in [-0.05, 0) is 31.9 Å². The van der Waals surface area contributed by atoms with Gasteiger partial charge in [-0.2, -0.15) is 0 Å². The van der Waals surface area contributed by atoms with Crippen LogP contribution in [-0.4, -0.2) is 9.97 Å². The molecule has 18 heavy (non-hydrogen) atoms. The molecular formula is C13H14ClN3O. The Kier molecular flexibility index (Phi) is 2.96. The molecule has 1 aliphatic carbocycles. The molecule has 0 aliphatic heterocycles. The summed E-state index contributed by atoms with van der Waals surface area (Å²) in [6.07, 6.45) is 3.98. The van der Waals surface area contributed by atoms with Crippen molar-refractivity contribution in [3.05, 3.63) is 41.2 Å². The van der Waals surface area contributed by atoms with Gasteiger partial charge in [0.05, 0.1) is 12.3 Å². The zero-order valence-electron chi connectivity index (χ0n) is 10.1. The molecule has 94 valence electrons. The highest BCUT2D eigenvalue weighted by molar-refractivity contribution is 6.29. The summed E-state index contributed by atoms with van der Waals surface area (Å²) in [7, 11) is 0. The van der Waals surface area contributed by atoms with Crippen molar-refractivity contribution in [3.63, 3.8) is 0 Å². The van der Waals surface area contributed by atoms with Crippen LogP contribution >= 0.6 is 11.6 Å². The largest absolute Gasteiger partial charge is 0.467 e. The Labute approximate surface area is 110 Å². The third-order valence-corrected chi connectivity index (χ3v) is 3.18. The van der Waals surface area contributed by atoms with Crippen LogP contribution < -0.4 is 5.32 Å². The van der Waals surface area contributed by atoms with E-state index in [-0.39, 0.29) is 6.04 Å². The van der Waals surface area contributed by atoms with Gasteiger partial charge in [0.15, 0.2) is 0 Å². The highest BCUT2D eigenvalue weighted by atomic mass is 35.5. The van der Waals surface area contributed by atoms with Crippen LogP contribution in [0.4, 0.5) is 5.82 Å². The van der Waals surface area contributed by atoms with E-state index in [2.05, 4.69) is 15.3 Å². The van der Waals surface area contributed by atoms with Gasteiger partial charge in [0.1, 0.15) is 22.6 Å². The smallest absolute Gasteiger partial charge is 0.135 e. The molecule has 1 saturated carbocycles. The van der Waals surface area contributed by atoms with Crippen LogP contribution in [0.1, 0.15) is 43.3 Å². The molecule has 1 aliphatic rings. The maximum absolute atomic E-state index is 6.02. The van der Waals surface area contributed by atoms with Gasteiger partial charge in [0, 0.05) is 12.0 Å². The average Bonchev–Trinajstić information content (AvgIpc) is 3.03. The molecule has 1 atom stereocenters. The summed E-state index contributed by atoms with van der Waals surface area (Å²) in [5.41, 5.74) is 0. The van der Waals surface area contributed by atoms with Crippen molar-refractivity contribution in [2.45, 2.75) is 31.7 Å². The predicted molar refractivity (Wildman–Crippen MR) is 69.8 cm³/mol. The number of hydrogen-bond acceptors (Lipinski definition) is 4. The third-order valence-electron chi connectivity index (χ3n) is 2.99. The van der Waals surface area contributed by atoms with Gasteiger partial charge < -0.3 is 9.73 Å². The average molecular weight is 264 g/mol. The summed E-state index contributed by atoms with van der Waals surface area (Å²) in [6, 6.07) is 5.60. The summed E-state index contributed by atoms with van der Waals surface area (Å²) in [4.78, 5) is 8.75. The number of aromatic nitrogens is 2. The number of rotatable bonds is 4. The Bertz CT molecular complexity index is 537. The lowest BCUT2D eigenvalue weighted by molar-refractivity contribution is 0.490. The second-order valence-corrected chi connectivity index (χ2v) is 4.98. The first-order valence-electron chi connectivity index (χ1n) is 6.07. The quantitative estimate of drug-likeness (QED) is 0.853.